The maximum Gasteiger partial charge on any atom is 0.252 e. The molecule has 41 heavy (non-hydrogen) atoms. The number of amides is 1. The van der Waals surface area contributed by atoms with E-state index in [0.717, 1.165) is 66.5 Å². The molecule has 3 heterocycles. The zero-order chi connectivity index (χ0) is 28.8. The number of likely N-dealkylation sites (N-methyl/N-ethyl adjacent to an activating group) is 1. The first kappa shape index (κ1) is 28.8. The van der Waals surface area contributed by atoms with E-state index in [-0.39, 0.29) is 11.9 Å². The summed E-state index contributed by atoms with van der Waals surface area (Å²) >= 11 is 1.71. The zero-order valence-electron chi connectivity index (χ0n) is 24.2. The minimum Gasteiger partial charge on any atom is -0.492 e. The number of carbonyl (C=O) groups excluding carboxylic acids is 1. The molecule has 0 aliphatic carbocycles. The van der Waals surface area contributed by atoms with Crippen molar-refractivity contribution in [2.24, 2.45) is 0 Å². The third-order valence-electron chi connectivity index (χ3n) is 7.29. The van der Waals surface area contributed by atoms with E-state index in [4.69, 9.17) is 14.5 Å². The highest BCUT2D eigenvalue weighted by atomic mass is 32.1. The number of aromatic nitrogens is 1. The molecule has 1 atom stereocenters. The van der Waals surface area contributed by atoms with Crippen molar-refractivity contribution in [2.45, 2.75) is 19.9 Å². The number of hydrogen-bond acceptors (Lipinski definition) is 7. The molecule has 5 rings (SSSR count). The van der Waals surface area contributed by atoms with Crippen LogP contribution in [0.5, 0.6) is 5.75 Å². The van der Waals surface area contributed by atoms with Crippen LogP contribution in [-0.2, 0) is 4.74 Å². The Balaban J connectivity index is 1.38. The average Bonchev–Trinajstić information content (AvgIpc) is 3.53. The van der Waals surface area contributed by atoms with E-state index in [1.165, 1.54) is 4.88 Å². The summed E-state index contributed by atoms with van der Waals surface area (Å²) in [6, 6.07) is 20.4. The number of morpholine rings is 1. The van der Waals surface area contributed by atoms with Gasteiger partial charge in [-0.2, -0.15) is 0 Å². The number of nitrogens with one attached hydrogen (secondary N) is 1. The van der Waals surface area contributed by atoms with Crippen molar-refractivity contribution in [3.63, 3.8) is 0 Å². The molecule has 0 radical (unpaired) electrons. The molecule has 7 nitrogen and oxygen atoms in total. The van der Waals surface area contributed by atoms with Crippen LogP contribution < -0.4 is 15.0 Å². The van der Waals surface area contributed by atoms with Crippen LogP contribution in [0.1, 0.15) is 34.5 Å². The summed E-state index contributed by atoms with van der Waals surface area (Å²) in [5.74, 6) is 1.55. The van der Waals surface area contributed by atoms with Gasteiger partial charge in [-0.3, -0.25) is 4.79 Å². The smallest absolute Gasteiger partial charge is 0.252 e. The Kier molecular flexibility index (Phi) is 9.34. The fourth-order valence-corrected chi connectivity index (χ4v) is 5.54. The number of nitrogens with zero attached hydrogens (tertiary/aromatic N) is 3. The van der Waals surface area contributed by atoms with E-state index in [2.05, 4.69) is 63.0 Å². The molecule has 4 aromatic rings. The fraction of sp³-hybridized carbons (Fsp3) is 0.333. The van der Waals surface area contributed by atoms with Crippen molar-refractivity contribution in [1.29, 1.82) is 0 Å². The number of carbonyl (C=O) groups is 1. The van der Waals surface area contributed by atoms with Gasteiger partial charge < -0.3 is 24.6 Å². The Morgan fingerprint density at radius 1 is 1.07 bits per heavy atom. The van der Waals surface area contributed by atoms with Crippen molar-refractivity contribution < 1.29 is 14.3 Å². The molecule has 1 N–H and O–H groups in total. The summed E-state index contributed by atoms with van der Waals surface area (Å²) in [4.78, 5) is 23.7. The lowest BCUT2D eigenvalue weighted by molar-refractivity contribution is 0.0938. The van der Waals surface area contributed by atoms with Gasteiger partial charge in [-0.1, -0.05) is 12.1 Å². The highest BCUT2D eigenvalue weighted by Gasteiger charge is 2.18. The number of aryl methyl sites for hydroxylation is 1. The number of ether oxygens (including phenoxy) is 2. The van der Waals surface area contributed by atoms with E-state index in [1.54, 1.807) is 11.3 Å². The summed E-state index contributed by atoms with van der Waals surface area (Å²) < 4.78 is 11.4. The number of pyridine rings is 1. The Labute approximate surface area is 246 Å². The molecule has 1 aliphatic rings. The van der Waals surface area contributed by atoms with Crippen LogP contribution >= 0.6 is 11.3 Å². The fourth-order valence-electron chi connectivity index (χ4n) is 4.83. The van der Waals surface area contributed by atoms with Gasteiger partial charge >= 0.3 is 0 Å². The number of rotatable bonds is 10. The quantitative estimate of drug-likeness (QED) is 0.250. The molecular formula is C33H38N4O3S. The Hall–Kier alpha value is -3.72. The van der Waals surface area contributed by atoms with Crippen molar-refractivity contribution in [2.75, 3.05) is 58.5 Å². The van der Waals surface area contributed by atoms with Crippen molar-refractivity contribution in [1.82, 2.24) is 15.2 Å². The highest BCUT2D eigenvalue weighted by Crippen LogP contribution is 2.33. The van der Waals surface area contributed by atoms with E-state index >= 15 is 0 Å². The summed E-state index contributed by atoms with van der Waals surface area (Å²) in [7, 11) is 4.02. The normalized spacial score (nSPS) is 14.2. The van der Waals surface area contributed by atoms with Crippen molar-refractivity contribution in [3.05, 3.63) is 88.9 Å². The van der Waals surface area contributed by atoms with Gasteiger partial charge in [0.25, 0.3) is 5.91 Å². The molecule has 2 aromatic carbocycles. The zero-order valence-corrected chi connectivity index (χ0v) is 25.0. The second-order valence-corrected chi connectivity index (χ2v) is 11.6. The number of benzene rings is 2. The van der Waals surface area contributed by atoms with Crippen LogP contribution in [0.15, 0.2) is 72.2 Å². The lowest BCUT2D eigenvalue weighted by Crippen LogP contribution is -2.36. The van der Waals surface area contributed by atoms with Crippen molar-refractivity contribution >= 4 is 23.1 Å². The van der Waals surface area contributed by atoms with E-state index < -0.39 is 0 Å². The van der Waals surface area contributed by atoms with Crippen LogP contribution in [0.25, 0.3) is 21.6 Å². The summed E-state index contributed by atoms with van der Waals surface area (Å²) in [6.07, 6.45) is 1.94. The molecule has 0 saturated carbocycles. The van der Waals surface area contributed by atoms with Crippen LogP contribution in [0.2, 0.25) is 0 Å². The second-order valence-electron chi connectivity index (χ2n) is 10.6. The minimum atomic E-state index is -0.209. The third-order valence-corrected chi connectivity index (χ3v) is 8.20. The molecule has 0 unspecified atom stereocenters. The molecule has 1 amide bonds. The van der Waals surface area contributed by atoms with Gasteiger partial charge in [-0.05, 0) is 104 Å². The van der Waals surface area contributed by atoms with E-state index in [1.807, 2.05) is 52.3 Å². The predicted octanol–water partition coefficient (Wildman–Crippen LogP) is 6.05. The van der Waals surface area contributed by atoms with Gasteiger partial charge in [0.1, 0.15) is 18.2 Å². The molecule has 214 valence electrons. The number of hydrogen-bond donors (Lipinski definition) is 1. The lowest BCUT2D eigenvalue weighted by Gasteiger charge is -2.27. The minimum absolute atomic E-state index is 0.118. The Morgan fingerprint density at radius 3 is 2.59 bits per heavy atom. The molecule has 8 heteroatoms. The summed E-state index contributed by atoms with van der Waals surface area (Å²) in [6.45, 7) is 8.51. The topological polar surface area (TPSA) is 66.9 Å². The van der Waals surface area contributed by atoms with Crippen LogP contribution in [0.3, 0.4) is 0 Å². The first-order valence-electron chi connectivity index (χ1n) is 14.0. The monoisotopic (exact) mass is 570 g/mol. The maximum absolute atomic E-state index is 13.4. The lowest BCUT2D eigenvalue weighted by atomic mass is 9.96. The average molecular weight is 571 g/mol. The number of anilines is 1. The van der Waals surface area contributed by atoms with E-state index in [0.29, 0.717) is 17.9 Å². The van der Waals surface area contributed by atoms with Crippen LogP contribution in [0, 0.1) is 6.92 Å². The molecule has 1 saturated heterocycles. The van der Waals surface area contributed by atoms with Gasteiger partial charge in [0.15, 0.2) is 0 Å². The van der Waals surface area contributed by atoms with Gasteiger partial charge in [0.05, 0.1) is 19.3 Å². The Bertz CT molecular complexity index is 1450. The second kappa shape index (κ2) is 13.3. The first-order chi connectivity index (χ1) is 19.9. The SMILES string of the molecule is Cc1ccc(OCCN(C)C)cc1C(=O)N[C@H](C)c1cc(-c2ccc(N3CCOCC3)nc2)cc(-c2cccs2)c1. The van der Waals surface area contributed by atoms with Gasteiger partial charge in [0.2, 0.25) is 0 Å². The first-order valence-corrected chi connectivity index (χ1v) is 14.9. The number of thiophene rings is 1. The third kappa shape index (κ3) is 7.33. The molecule has 1 fully saturated rings. The molecule has 1 aliphatic heterocycles. The predicted molar refractivity (Wildman–Crippen MR) is 167 cm³/mol. The Morgan fingerprint density at radius 2 is 1.88 bits per heavy atom. The van der Waals surface area contributed by atoms with Crippen LogP contribution in [0.4, 0.5) is 5.82 Å². The summed E-state index contributed by atoms with van der Waals surface area (Å²) in [5.41, 5.74) is 5.80. The summed E-state index contributed by atoms with van der Waals surface area (Å²) in [5, 5.41) is 5.31. The van der Waals surface area contributed by atoms with E-state index in [9.17, 15) is 4.79 Å². The molecule has 0 spiro atoms. The largest absolute Gasteiger partial charge is 0.492 e. The van der Waals surface area contributed by atoms with Gasteiger partial charge in [0, 0.05) is 41.8 Å². The van der Waals surface area contributed by atoms with Crippen LogP contribution in [-0.4, -0.2) is 69.3 Å². The molecular weight excluding hydrogens is 532 g/mol. The molecule has 0 bridgehead atoms. The van der Waals surface area contributed by atoms with Gasteiger partial charge in [-0.15, -0.1) is 11.3 Å². The van der Waals surface area contributed by atoms with Gasteiger partial charge in [-0.25, -0.2) is 4.98 Å². The van der Waals surface area contributed by atoms with Crippen molar-refractivity contribution in [3.8, 4) is 27.3 Å². The highest BCUT2D eigenvalue weighted by molar-refractivity contribution is 7.13. The molecule has 2 aromatic heterocycles. The maximum atomic E-state index is 13.4. The standard InChI is InChI=1S/C33H38N4O3S/c1-23-7-9-29(40-16-11-36(3)4)21-30(23)33(38)35-24(2)26-18-27(20-28(19-26)31-6-5-17-41-31)25-8-10-32(34-22-25)37-12-14-39-15-13-37/h5-10,17-22,24H,11-16H2,1-4H3,(H,35,38)/t24-/m1/s1.